The molecule has 1 aromatic carbocycles. The average molecular weight is 247 g/mol. The highest BCUT2D eigenvalue weighted by molar-refractivity contribution is 5.97. The van der Waals surface area contributed by atoms with Crippen molar-refractivity contribution < 1.29 is 14.3 Å². The SMILES string of the molecule is COC(=O)c1cc2c(OC(C)C)cc(C)cc2[nH]1. The molecule has 0 aliphatic rings. The standard InChI is InChI=1S/C14H17NO3/c1-8(2)18-13-6-9(3)5-11-10(13)7-12(15-11)14(16)17-4/h5-8,15H,1-4H3. The Morgan fingerprint density at radius 3 is 2.61 bits per heavy atom. The van der Waals surface area contributed by atoms with Gasteiger partial charge in [-0.1, -0.05) is 0 Å². The molecule has 96 valence electrons. The number of carbonyl (C=O) groups is 1. The van der Waals surface area contributed by atoms with Crippen LogP contribution in [0.3, 0.4) is 0 Å². The predicted octanol–water partition coefficient (Wildman–Crippen LogP) is 3.05. The van der Waals surface area contributed by atoms with Crippen molar-refractivity contribution in [1.29, 1.82) is 0 Å². The topological polar surface area (TPSA) is 51.3 Å². The Hall–Kier alpha value is -1.97. The second-order valence-electron chi connectivity index (χ2n) is 4.57. The molecular weight excluding hydrogens is 230 g/mol. The van der Waals surface area contributed by atoms with E-state index in [1.165, 1.54) is 7.11 Å². The predicted molar refractivity (Wildman–Crippen MR) is 70.1 cm³/mol. The fourth-order valence-corrected chi connectivity index (χ4v) is 1.91. The molecule has 0 aliphatic carbocycles. The third-order valence-corrected chi connectivity index (χ3v) is 2.61. The molecular formula is C14H17NO3. The number of nitrogens with one attached hydrogen (secondary N) is 1. The van der Waals surface area contributed by atoms with Crippen LogP contribution in [0.25, 0.3) is 10.9 Å². The van der Waals surface area contributed by atoms with E-state index in [0.717, 1.165) is 22.2 Å². The Kier molecular flexibility index (Phi) is 3.28. The van der Waals surface area contributed by atoms with E-state index >= 15 is 0 Å². The maximum atomic E-state index is 11.5. The molecule has 2 rings (SSSR count). The first-order chi connectivity index (χ1) is 8.51. The normalized spacial score (nSPS) is 10.9. The Bertz CT molecular complexity index is 584. The molecule has 4 heteroatoms. The lowest BCUT2D eigenvalue weighted by Gasteiger charge is -2.11. The molecule has 1 N–H and O–H groups in total. The van der Waals surface area contributed by atoms with Crippen molar-refractivity contribution in [3.05, 3.63) is 29.5 Å². The van der Waals surface area contributed by atoms with Crippen molar-refractivity contribution in [2.75, 3.05) is 7.11 Å². The summed E-state index contributed by atoms with van der Waals surface area (Å²) in [4.78, 5) is 14.6. The highest BCUT2D eigenvalue weighted by Crippen LogP contribution is 2.29. The summed E-state index contributed by atoms with van der Waals surface area (Å²) in [5, 5.41) is 0.898. The molecule has 0 amide bonds. The number of aromatic amines is 1. The number of aryl methyl sites for hydroxylation is 1. The smallest absolute Gasteiger partial charge is 0.354 e. The number of ether oxygens (including phenoxy) is 2. The van der Waals surface area contributed by atoms with Gasteiger partial charge in [-0.3, -0.25) is 0 Å². The minimum atomic E-state index is -0.376. The molecule has 0 aliphatic heterocycles. The summed E-state index contributed by atoms with van der Waals surface area (Å²) >= 11 is 0. The number of hydrogen-bond donors (Lipinski definition) is 1. The molecule has 2 aromatic rings. The first-order valence-corrected chi connectivity index (χ1v) is 5.89. The largest absolute Gasteiger partial charge is 0.490 e. The first kappa shape index (κ1) is 12.5. The summed E-state index contributed by atoms with van der Waals surface area (Å²) in [6, 6.07) is 5.71. The van der Waals surface area contributed by atoms with Crippen LogP contribution in [0.1, 0.15) is 29.9 Å². The number of carbonyl (C=O) groups excluding carboxylic acids is 1. The highest BCUT2D eigenvalue weighted by Gasteiger charge is 2.13. The monoisotopic (exact) mass is 247 g/mol. The summed E-state index contributed by atoms with van der Waals surface area (Å²) in [6.45, 7) is 5.94. The summed E-state index contributed by atoms with van der Waals surface area (Å²) in [7, 11) is 1.37. The van der Waals surface area contributed by atoms with E-state index in [1.54, 1.807) is 6.07 Å². The van der Waals surface area contributed by atoms with E-state index in [2.05, 4.69) is 4.98 Å². The van der Waals surface area contributed by atoms with Crippen molar-refractivity contribution >= 4 is 16.9 Å². The van der Waals surface area contributed by atoms with Gasteiger partial charge in [-0.25, -0.2) is 4.79 Å². The Balaban J connectivity index is 2.56. The van der Waals surface area contributed by atoms with Crippen LogP contribution in [0.15, 0.2) is 18.2 Å². The van der Waals surface area contributed by atoms with Gasteiger partial charge < -0.3 is 14.5 Å². The molecule has 0 spiro atoms. The van der Waals surface area contributed by atoms with E-state index in [-0.39, 0.29) is 12.1 Å². The fourth-order valence-electron chi connectivity index (χ4n) is 1.91. The zero-order valence-corrected chi connectivity index (χ0v) is 11.0. The Morgan fingerprint density at radius 2 is 2.00 bits per heavy atom. The Morgan fingerprint density at radius 1 is 1.28 bits per heavy atom. The maximum absolute atomic E-state index is 11.5. The van der Waals surface area contributed by atoms with Crippen molar-refractivity contribution in [2.24, 2.45) is 0 Å². The van der Waals surface area contributed by atoms with Crippen LogP contribution >= 0.6 is 0 Å². The third kappa shape index (κ3) is 2.32. The number of esters is 1. The van der Waals surface area contributed by atoms with Gasteiger partial charge in [0.2, 0.25) is 0 Å². The highest BCUT2D eigenvalue weighted by atomic mass is 16.5. The second kappa shape index (κ2) is 4.72. The van der Waals surface area contributed by atoms with Gasteiger partial charge in [0.15, 0.2) is 0 Å². The van der Waals surface area contributed by atoms with Crippen LogP contribution in [0, 0.1) is 6.92 Å². The maximum Gasteiger partial charge on any atom is 0.354 e. The molecule has 0 unspecified atom stereocenters. The average Bonchev–Trinajstić information content (AvgIpc) is 2.70. The summed E-state index contributed by atoms with van der Waals surface area (Å²) in [5.41, 5.74) is 2.40. The molecule has 1 aromatic heterocycles. The molecule has 18 heavy (non-hydrogen) atoms. The van der Waals surface area contributed by atoms with Crippen LogP contribution in [0.5, 0.6) is 5.75 Å². The lowest BCUT2D eigenvalue weighted by Crippen LogP contribution is -2.05. The molecule has 0 bridgehead atoms. The van der Waals surface area contributed by atoms with E-state index in [4.69, 9.17) is 9.47 Å². The molecule has 0 radical (unpaired) electrons. The van der Waals surface area contributed by atoms with Gasteiger partial charge in [0.1, 0.15) is 11.4 Å². The second-order valence-corrected chi connectivity index (χ2v) is 4.57. The van der Waals surface area contributed by atoms with Gasteiger partial charge in [0, 0.05) is 5.39 Å². The summed E-state index contributed by atoms with van der Waals surface area (Å²) in [5.74, 6) is 0.408. The quantitative estimate of drug-likeness (QED) is 0.848. The van der Waals surface area contributed by atoms with E-state index < -0.39 is 0 Å². The first-order valence-electron chi connectivity index (χ1n) is 5.89. The van der Waals surface area contributed by atoms with Gasteiger partial charge in [-0.05, 0) is 44.5 Å². The van der Waals surface area contributed by atoms with Gasteiger partial charge >= 0.3 is 5.97 Å². The lowest BCUT2D eigenvalue weighted by molar-refractivity contribution is 0.0595. The number of H-pyrrole nitrogens is 1. The van der Waals surface area contributed by atoms with Gasteiger partial charge in [-0.15, -0.1) is 0 Å². The minimum Gasteiger partial charge on any atom is -0.490 e. The number of aromatic nitrogens is 1. The number of methoxy groups -OCH3 is 1. The molecule has 0 saturated carbocycles. The third-order valence-electron chi connectivity index (χ3n) is 2.61. The van der Waals surface area contributed by atoms with Crippen LogP contribution in [0.4, 0.5) is 0 Å². The molecule has 0 fully saturated rings. The van der Waals surface area contributed by atoms with Crippen LogP contribution in [0.2, 0.25) is 0 Å². The number of rotatable bonds is 3. The van der Waals surface area contributed by atoms with Crippen molar-refractivity contribution in [2.45, 2.75) is 26.9 Å². The van der Waals surface area contributed by atoms with E-state index in [0.29, 0.717) is 5.69 Å². The minimum absolute atomic E-state index is 0.0893. The molecule has 1 heterocycles. The number of fused-ring (bicyclic) bond motifs is 1. The van der Waals surface area contributed by atoms with Gasteiger partial charge in [0.05, 0.1) is 18.7 Å². The fraction of sp³-hybridized carbons (Fsp3) is 0.357. The summed E-state index contributed by atoms with van der Waals surface area (Å²) < 4.78 is 10.5. The number of hydrogen-bond acceptors (Lipinski definition) is 3. The van der Waals surface area contributed by atoms with E-state index in [9.17, 15) is 4.79 Å². The van der Waals surface area contributed by atoms with E-state index in [1.807, 2.05) is 32.9 Å². The molecule has 0 saturated heterocycles. The molecule has 4 nitrogen and oxygen atoms in total. The lowest BCUT2D eigenvalue weighted by atomic mass is 10.1. The molecule has 0 atom stereocenters. The van der Waals surface area contributed by atoms with Gasteiger partial charge in [0.25, 0.3) is 0 Å². The van der Waals surface area contributed by atoms with Gasteiger partial charge in [-0.2, -0.15) is 0 Å². The number of benzene rings is 1. The van der Waals surface area contributed by atoms with Crippen molar-refractivity contribution in [3.63, 3.8) is 0 Å². The Labute approximate surface area is 106 Å². The van der Waals surface area contributed by atoms with Crippen LogP contribution < -0.4 is 4.74 Å². The zero-order chi connectivity index (χ0) is 13.3. The van der Waals surface area contributed by atoms with Crippen molar-refractivity contribution in [1.82, 2.24) is 4.98 Å². The van der Waals surface area contributed by atoms with Crippen molar-refractivity contribution in [3.8, 4) is 5.75 Å². The zero-order valence-electron chi connectivity index (χ0n) is 11.0. The van der Waals surface area contributed by atoms with Crippen LogP contribution in [-0.2, 0) is 4.74 Å². The van der Waals surface area contributed by atoms with Crippen LogP contribution in [-0.4, -0.2) is 24.2 Å². The summed E-state index contributed by atoms with van der Waals surface area (Å²) in [6.07, 6.45) is 0.0893.